The van der Waals surface area contributed by atoms with Crippen LogP contribution in [0.15, 0.2) is 18.2 Å². The van der Waals surface area contributed by atoms with Gasteiger partial charge in [-0.15, -0.1) is 0 Å². The molecule has 3 rings (SSSR count). The molecule has 0 radical (unpaired) electrons. The fraction of sp³-hybridized carbons (Fsp3) is 0.737. The topological polar surface area (TPSA) is 12.9 Å². The Bertz CT molecular complexity index is 443. The van der Waals surface area contributed by atoms with Crippen molar-refractivity contribution in [1.82, 2.24) is 4.98 Å². The van der Waals surface area contributed by atoms with Crippen molar-refractivity contribution in [3.63, 3.8) is 0 Å². The van der Waals surface area contributed by atoms with Gasteiger partial charge in [-0.1, -0.05) is 49.6 Å². The average molecular weight is 335 g/mol. The lowest BCUT2D eigenvalue weighted by Crippen LogP contribution is -2.04. The molecule has 0 bridgehead atoms. The van der Waals surface area contributed by atoms with Crippen molar-refractivity contribution in [3.8, 4) is 0 Å². The molecule has 2 fully saturated rings. The zero-order chi connectivity index (χ0) is 15.7. The van der Waals surface area contributed by atoms with Crippen LogP contribution in [0.2, 0.25) is 0 Å². The molecule has 3 heterocycles. The number of hydrogen-bond acceptors (Lipinski definition) is 1. The largest absolute Gasteiger partial charge is 0.257 e. The SMILES string of the molecule is C[C@@H]1CC[C@@H](C)P1Cc1cccc(CP2[C@H](C)CC[C@H]2C)n1. The van der Waals surface area contributed by atoms with E-state index in [-0.39, 0.29) is 15.8 Å². The van der Waals surface area contributed by atoms with E-state index in [9.17, 15) is 0 Å². The molecule has 0 aliphatic carbocycles. The third kappa shape index (κ3) is 3.73. The Kier molecular flexibility index (Phi) is 5.57. The summed E-state index contributed by atoms with van der Waals surface area (Å²) >= 11 is 0. The molecule has 3 heteroatoms. The van der Waals surface area contributed by atoms with E-state index in [1.165, 1.54) is 49.4 Å². The van der Waals surface area contributed by atoms with E-state index in [0.29, 0.717) is 0 Å². The van der Waals surface area contributed by atoms with Gasteiger partial charge in [-0.05, 0) is 60.5 Å². The van der Waals surface area contributed by atoms with Crippen LogP contribution in [0.3, 0.4) is 0 Å². The molecule has 2 saturated heterocycles. The molecule has 1 aromatic heterocycles. The number of aromatic nitrogens is 1. The number of pyridine rings is 1. The normalized spacial score (nSPS) is 33.6. The molecular formula is C19H31NP2. The van der Waals surface area contributed by atoms with Crippen LogP contribution in [0.4, 0.5) is 0 Å². The highest BCUT2D eigenvalue weighted by Gasteiger charge is 2.31. The maximum Gasteiger partial charge on any atom is 0.0450 e. The lowest BCUT2D eigenvalue weighted by Gasteiger charge is -2.22. The van der Waals surface area contributed by atoms with Crippen molar-refractivity contribution in [2.75, 3.05) is 0 Å². The molecule has 0 spiro atoms. The third-order valence-electron chi connectivity index (χ3n) is 5.82. The van der Waals surface area contributed by atoms with Crippen molar-refractivity contribution in [2.24, 2.45) is 0 Å². The van der Waals surface area contributed by atoms with E-state index < -0.39 is 0 Å². The lowest BCUT2D eigenvalue weighted by atomic mass is 10.2. The fourth-order valence-corrected chi connectivity index (χ4v) is 10.2. The van der Waals surface area contributed by atoms with Gasteiger partial charge in [0.25, 0.3) is 0 Å². The van der Waals surface area contributed by atoms with Gasteiger partial charge in [-0.25, -0.2) is 0 Å². The highest BCUT2D eigenvalue weighted by molar-refractivity contribution is 7.59. The Morgan fingerprint density at radius 3 is 1.50 bits per heavy atom. The van der Waals surface area contributed by atoms with Crippen molar-refractivity contribution >= 4 is 15.8 Å². The summed E-state index contributed by atoms with van der Waals surface area (Å²) in [6.07, 6.45) is 8.27. The van der Waals surface area contributed by atoms with Crippen molar-refractivity contribution < 1.29 is 0 Å². The molecule has 2 aliphatic rings. The van der Waals surface area contributed by atoms with Crippen LogP contribution in [0.25, 0.3) is 0 Å². The van der Waals surface area contributed by atoms with Gasteiger partial charge in [-0.3, -0.25) is 4.98 Å². The molecule has 0 saturated carbocycles. The summed E-state index contributed by atoms with van der Waals surface area (Å²) in [6, 6.07) is 6.82. The molecule has 1 aromatic rings. The highest BCUT2D eigenvalue weighted by Crippen LogP contribution is 2.58. The van der Waals surface area contributed by atoms with E-state index in [1.54, 1.807) is 0 Å². The molecule has 0 N–H and O–H groups in total. The summed E-state index contributed by atoms with van der Waals surface area (Å²) < 4.78 is 0. The first-order chi connectivity index (χ1) is 10.5. The molecular weight excluding hydrogens is 304 g/mol. The first-order valence-electron chi connectivity index (χ1n) is 9.01. The molecule has 4 atom stereocenters. The fourth-order valence-electron chi connectivity index (χ4n) is 4.20. The number of hydrogen-bond donors (Lipinski definition) is 0. The summed E-state index contributed by atoms with van der Waals surface area (Å²) in [4.78, 5) is 5.07. The summed E-state index contributed by atoms with van der Waals surface area (Å²) in [5.41, 5.74) is 6.51. The minimum Gasteiger partial charge on any atom is -0.257 e. The Balaban J connectivity index is 1.67. The number of rotatable bonds is 4. The van der Waals surface area contributed by atoms with Gasteiger partial charge in [0, 0.05) is 23.7 Å². The molecule has 2 aliphatic heterocycles. The van der Waals surface area contributed by atoms with Crippen LogP contribution in [0, 0.1) is 0 Å². The molecule has 0 aromatic carbocycles. The van der Waals surface area contributed by atoms with E-state index >= 15 is 0 Å². The molecule has 0 unspecified atom stereocenters. The zero-order valence-electron chi connectivity index (χ0n) is 14.6. The van der Waals surface area contributed by atoms with Crippen LogP contribution in [0.5, 0.6) is 0 Å². The average Bonchev–Trinajstić information content (AvgIpc) is 2.98. The monoisotopic (exact) mass is 335 g/mol. The van der Waals surface area contributed by atoms with Gasteiger partial charge in [0.05, 0.1) is 0 Å². The van der Waals surface area contributed by atoms with Gasteiger partial charge >= 0.3 is 0 Å². The Morgan fingerprint density at radius 1 is 0.773 bits per heavy atom. The van der Waals surface area contributed by atoms with Crippen LogP contribution in [-0.4, -0.2) is 27.6 Å². The molecule has 22 heavy (non-hydrogen) atoms. The Morgan fingerprint density at radius 2 is 1.14 bits per heavy atom. The first kappa shape index (κ1) is 16.9. The van der Waals surface area contributed by atoms with Crippen LogP contribution >= 0.6 is 15.8 Å². The second kappa shape index (κ2) is 7.27. The van der Waals surface area contributed by atoms with Crippen molar-refractivity contribution in [3.05, 3.63) is 29.6 Å². The minimum absolute atomic E-state index is 0.154. The summed E-state index contributed by atoms with van der Waals surface area (Å²) in [5, 5.41) is 0. The predicted molar refractivity (Wildman–Crippen MR) is 102 cm³/mol. The molecule has 122 valence electrons. The maximum absolute atomic E-state index is 5.07. The molecule has 1 nitrogen and oxygen atoms in total. The van der Waals surface area contributed by atoms with Gasteiger partial charge in [0.1, 0.15) is 0 Å². The molecule has 0 amide bonds. The highest BCUT2D eigenvalue weighted by atomic mass is 31.1. The Hall–Kier alpha value is 0.01000. The third-order valence-corrected chi connectivity index (χ3v) is 12.8. The minimum atomic E-state index is 0.154. The van der Waals surface area contributed by atoms with Gasteiger partial charge < -0.3 is 0 Å². The first-order valence-corrected chi connectivity index (χ1v) is 12.3. The van der Waals surface area contributed by atoms with Crippen LogP contribution < -0.4 is 0 Å². The van der Waals surface area contributed by atoms with Crippen LogP contribution in [-0.2, 0) is 12.3 Å². The summed E-state index contributed by atoms with van der Waals surface area (Å²) in [6.45, 7) is 9.85. The zero-order valence-corrected chi connectivity index (χ0v) is 16.4. The van der Waals surface area contributed by atoms with Gasteiger partial charge in [0.15, 0.2) is 0 Å². The smallest absolute Gasteiger partial charge is 0.0450 e. The lowest BCUT2D eigenvalue weighted by molar-refractivity contribution is 0.777. The predicted octanol–water partition coefficient (Wildman–Crippen LogP) is 6.19. The van der Waals surface area contributed by atoms with Crippen LogP contribution in [0.1, 0.15) is 64.8 Å². The van der Waals surface area contributed by atoms with E-state index in [0.717, 1.165) is 22.6 Å². The van der Waals surface area contributed by atoms with Crippen molar-refractivity contribution in [1.29, 1.82) is 0 Å². The maximum atomic E-state index is 5.07. The standard InChI is InChI=1S/C19H31NP2/c1-14-8-9-15(2)21(14)12-18-6-5-7-19(20-18)13-22-16(3)10-11-17(22)4/h5-7,14-17H,8-13H2,1-4H3/t14-,15-,16-,17-/m1/s1. The second-order valence-electron chi connectivity index (χ2n) is 7.52. The number of nitrogens with zero attached hydrogens (tertiary/aromatic N) is 1. The summed E-state index contributed by atoms with van der Waals surface area (Å²) in [5.74, 6) is 0. The van der Waals surface area contributed by atoms with Crippen molar-refractivity contribution in [2.45, 2.75) is 88.3 Å². The summed E-state index contributed by atoms with van der Waals surface area (Å²) in [7, 11) is 0.307. The van der Waals surface area contributed by atoms with E-state index in [1.807, 2.05) is 0 Å². The quantitative estimate of drug-likeness (QED) is 0.598. The van der Waals surface area contributed by atoms with Gasteiger partial charge in [-0.2, -0.15) is 0 Å². The van der Waals surface area contributed by atoms with Gasteiger partial charge in [0.2, 0.25) is 0 Å². The van der Waals surface area contributed by atoms with E-state index in [2.05, 4.69) is 45.9 Å². The van der Waals surface area contributed by atoms with E-state index in [4.69, 9.17) is 4.98 Å². The Labute approximate surface area is 139 Å². The second-order valence-corrected chi connectivity index (χ2v) is 13.7.